The first-order chi connectivity index (χ1) is 10.5. The molecule has 22 heavy (non-hydrogen) atoms. The van der Waals surface area contributed by atoms with Crippen molar-refractivity contribution in [2.45, 2.75) is 18.0 Å². The maximum Gasteiger partial charge on any atom is 0.251 e. The molecular formula is C16H16FNO3S. The number of carbonyl (C=O) groups is 1. The SMILES string of the molecule is CS(=O)c1ccc(C(=O)NCc2ccc(F)c(CO)c2)cc1. The first-order valence-corrected chi connectivity index (χ1v) is 8.17. The van der Waals surface area contributed by atoms with E-state index in [4.69, 9.17) is 5.11 Å². The van der Waals surface area contributed by atoms with Gasteiger partial charge in [-0.3, -0.25) is 9.00 Å². The second-order valence-electron chi connectivity index (χ2n) is 4.75. The van der Waals surface area contributed by atoms with Crippen molar-refractivity contribution in [3.63, 3.8) is 0 Å². The van der Waals surface area contributed by atoms with Crippen molar-refractivity contribution >= 4 is 16.7 Å². The zero-order valence-electron chi connectivity index (χ0n) is 12.0. The summed E-state index contributed by atoms with van der Waals surface area (Å²) in [6, 6.07) is 10.8. The summed E-state index contributed by atoms with van der Waals surface area (Å²) in [6.07, 6.45) is 1.57. The van der Waals surface area contributed by atoms with E-state index in [-0.39, 0.29) is 24.6 Å². The molecule has 6 heteroatoms. The van der Waals surface area contributed by atoms with Crippen LogP contribution in [0.25, 0.3) is 0 Å². The van der Waals surface area contributed by atoms with Crippen molar-refractivity contribution in [1.82, 2.24) is 5.32 Å². The molecule has 1 amide bonds. The normalized spacial score (nSPS) is 12.0. The Morgan fingerprint density at radius 3 is 2.50 bits per heavy atom. The maximum absolute atomic E-state index is 13.3. The first-order valence-electron chi connectivity index (χ1n) is 6.61. The van der Waals surface area contributed by atoms with Crippen LogP contribution in [0.3, 0.4) is 0 Å². The zero-order valence-corrected chi connectivity index (χ0v) is 12.8. The van der Waals surface area contributed by atoms with Crippen LogP contribution in [0.4, 0.5) is 4.39 Å². The summed E-state index contributed by atoms with van der Waals surface area (Å²) in [5.41, 5.74) is 1.35. The van der Waals surface area contributed by atoms with Gasteiger partial charge in [-0.25, -0.2) is 4.39 Å². The van der Waals surface area contributed by atoms with Gasteiger partial charge >= 0.3 is 0 Å². The van der Waals surface area contributed by atoms with Crippen molar-refractivity contribution in [3.05, 3.63) is 65.0 Å². The third-order valence-electron chi connectivity index (χ3n) is 3.18. The predicted molar refractivity (Wildman–Crippen MR) is 82.3 cm³/mol. The first kappa shape index (κ1) is 16.3. The summed E-state index contributed by atoms with van der Waals surface area (Å²) in [5.74, 6) is -0.746. The van der Waals surface area contributed by atoms with Crippen molar-refractivity contribution in [1.29, 1.82) is 0 Å². The minimum Gasteiger partial charge on any atom is -0.392 e. The topological polar surface area (TPSA) is 66.4 Å². The van der Waals surface area contributed by atoms with Crippen molar-refractivity contribution in [2.24, 2.45) is 0 Å². The summed E-state index contributed by atoms with van der Waals surface area (Å²) in [6.45, 7) is -0.156. The predicted octanol–water partition coefficient (Wildman–Crippen LogP) is 1.99. The number of hydrogen-bond acceptors (Lipinski definition) is 3. The van der Waals surface area contributed by atoms with Gasteiger partial charge in [-0.05, 0) is 42.0 Å². The third kappa shape index (κ3) is 3.99. The molecule has 2 aromatic carbocycles. The number of aliphatic hydroxyl groups excluding tert-OH is 1. The van der Waals surface area contributed by atoms with Gasteiger partial charge in [-0.15, -0.1) is 0 Å². The molecule has 4 nitrogen and oxygen atoms in total. The molecule has 1 unspecified atom stereocenters. The van der Waals surface area contributed by atoms with Crippen molar-refractivity contribution < 1.29 is 18.5 Å². The number of nitrogens with one attached hydrogen (secondary N) is 1. The lowest BCUT2D eigenvalue weighted by Gasteiger charge is -2.08. The van der Waals surface area contributed by atoms with Gasteiger partial charge in [0.15, 0.2) is 0 Å². The Morgan fingerprint density at radius 1 is 1.23 bits per heavy atom. The molecule has 0 bridgehead atoms. The molecule has 0 aliphatic heterocycles. The van der Waals surface area contributed by atoms with Crippen LogP contribution >= 0.6 is 0 Å². The molecule has 0 aliphatic rings. The second kappa shape index (κ2) is 7.29. The van der Waals surface area contributed by atoms with Crippen LogP contribution in [0, 0.1) is 5.82 Å². The second-order valence-corrected chi connectivity index (χ2v) is 6.12. The highest BCUT2D eigenvalue weighted by Gasteiger charge is 2.07. The molecule has 2 N–H and O–H groups in total. The van der Waals surface area contributed by atoms with Crippen LogP contribution in [0.15, 0.2) is 47.4 Å². The highest BCUT2D eigenvalue weighted by molar-refractivity contribution is 7.84. The summed E-state index contributed by atoms with van der Waals surface area (Å²) in [7, 11) is -1.08. The van der Waals surface area contributed by atoms with Gasteiger partial charge in [0.2, 0.25) is 0 Å². The monoisotopic (exact) mass is 321 g/mol. The van der Waals surface area contributed by atoms with E-state index in [9.17, 15) is 13.4 Å². The molecular weight excluding hydrogens is 305 g/mol. The summed E-state index contributed by atoms with van der Waals surface area (Å²) in [4.78, 5) is 12.7. The Kier molecular flexibility index (Phi) is 5.41. The zero-order chi connectivity index (χ0) is 16.1. The minimum atomic E-state index is -1.08. The Labute approximate surface area is 130 Å². The number of halogens is 1. The van der Waals surface area contributed by atoms with E-state index in [0.29, 0.717) is 16.0 Å². The fourth-order valence-electron chi connectivity index (χ4n) is 1.94. The highest BCUT2D eigenvalue weighted by Crippen LogP contribution is 2.11. The van der Waals surface area contributed by atoms with Crippen LogP contribution in [-0.4, -0.2) is 21.5 Å². The van der Waals surface area contributed by atoms with Crippen LogP contribution in [0.1, 0.15) is 21.5 Å². The summed E-state index contributed by atoms with van der Waals surface area (Å²) >= 11 is 0. The molecule has 0 radical (unpaired) electrons. The quantitative estimate of drug-likeness (QED) is 0.885. The molecule has 116 valence electrons. The fourth-order valence-corrected chi connectivity index (χ4v) is 2.46. The molecule has 0 heterocycles. The minimum absolute atomic E-state index is 0.196. The Morgan fingerprint density at radius 2 is 1.91 bits per heavy atom. The Hall–Kier alpha value is -2.05. The van der Waals surface area contributed by atoms with Gasteiger partial charge in [0.05, 0.1) is 6.61 Å². The lowest BCUT2D eigenvalue weighted by Crippen LogP contribution is -2.22. The van der Waals surface area contributed by atoms with Gasteiger partial charge in [-0.2, -0.15) is 0 Å². The number of amides is 1. The Balaban J connectivity index is 2.02. The number of carbonyl (C=O) groups excluding carboxylic acids is 1. The maximum atomic E-state index is 13.3. The van der Waals surface area contributed by atoms with Crippen LogP contribution in [0.2, 0.25) is 0 Å². The molecule has 0 saturated carbocycles. The smallest absolute Gasteiger partial charge is 0.251 e. The lowest BCUT2D eigenvalue weighted by atomic mass is 10.1. The molecule has 0 saturated heterocycles. The van der Waals surface area contributed by atoms with E-state index in [1.165, 1.54) is 12.1 Å². The van der Waals surface area contributed by atoms with Crippen LogP contribution < -0.4 is 5.32 Å². The summed E-state index contributed by atoms with van der Waals surface area (Å²) in [5, 5.41) is 11.7. The van der Waals surface area contributed by atoms with Gasteiger partial charge in [-0.1, -0.05) is 6.07 Å². The number of aliphatic hydroxyl groups is 1. The van der Waals surface area contributed by atoms with E-state index in [1.807, 2.05) is 0 Å². The van der Waals surface area contributed by atoms with Crippen LogP contribution in [-0.2, 0) is 24.0 Å². The molecule has 0 spiro atoms. The van der Waals surface area contributed by atoms with Gasteiger partial charge in [0.1, 0.15) is 5.82 Å². The molecule has 0 aliphatic carbocycles. The van der Waals surface area contributed by atoms with Gasteiger partial charge in [0.25, 0.3) is 5.91 Å². The number of benzene rings is 2. The number of hydrogen-bond donors (Lipinski definition) is 2. The largest absolute Gasteiger partial charge is 0.392 e. The average molecular weight is 321 g/mol. The Bertz CT molecular complexity index is 701. The van der Waals surface area contributed by atoms with Crippen molar-refractivity contribution in [2.75, 3.05) is 6.26 Å². The summed E-state index contributed by atoms with van der Waals surface area (Å²) < 4.78 is 24.5. The van der Waals surface area contributed by atoms with E-state index >= 15 is 0 Å². The van der Waals surface area contributed by atoms with Gasteiger partial charge in [0, 0.05) is 39.6 Å². The highest BCUT2D eigenvalue weighted by atomic mass is 32.2. The molecule has 0 aromatic heterocycles. The molecule has 2 aromatic rings. The standard InChI is InChI=1S/C16H16FNO3S/c1-22(21)14-5-3-12(4-6-14)16(20)18-9-11-2-7-15(17)13(8-11)10-19/h2-8,19H,9-10H2,1H3,(H,18,20). The van der Waals surface area contributed by atoms with Gasteiger partial charge < -0.3 is 10.4 Å². The molecule has 0 fully saturated rings. The van der Waals surface area contributed by atoms with Crippen molar-refractivity contribution in [3.8, 4) is 0 Å². The van der Waals surface area contributed by atoms with E-state index in [0.717, 1.165) is 0 Å². The molecule has 1 atom stereocenters. The average Bonchev–Trinajstić information content (AvgIpc) is 2.53. The van der Waals surface area contributed by atoms with E-state index < -0.39 is 16.6 Å². The lowest BCUT2D eigenvalue weighted by molar-refractivity contribution is 0.0951. The third-order valence-corrected chi connectivity index (χ3v) is 4.12. The molecule has 2 rings (SSSR count). The number of rotatable bonds is 5. The fraction of sp³-hybridized carbons (Fsp3) is 0.188. The van der Waals surface area contributed by atoms with E-state index in [2.05, 4.69) is 5.32 Å². The van der Waals surface area contributed by atoms with E-state index in [1.54, 1.807) is 36.6 Å². The van der Waals surface area contributed by atoms with Crippen LogP contribution in [0.5, 0.6) is 0 Å².